The monoisotopic (exact) mass is 604 g/mol. The number of nitrogen functional groups attached to an aromatic ring is 1. The van der Waals surface area contributed by atoms with Gasteiger partial charge in [-0.1, -0.05) is 24.3 Å². The number of hydrogen-bond acceptors (Lipinski definition) is 10. The average Bonchev–Trinajstić information content (AvgIpc) is 3.04. The van der Waals surface area contributed by atoms with Crippen molar-refractivity contribution in [3.05, 3.63) is 65.5 Å². The molecule has 234 valence electrons. The Hall–Kier alpha value is -4.10. The second kappa shape index (κ2) is 15.6. The number of nitrogens with one attached hydrogen (secondary N) is 2. The summed E-state index contributed by atoms with van der Waals surface area (Å²) in [6.07, 6.45) is 3.58. The third-order valence-corrected chi connectivity index (χ3v) is 7.64. The first-order valence-corrected chi connectivity index (χ1v) is 15.0. The third-order valence-electron chi connectivity index (χ3n) is 7.64. The summed E-state index contributed by atoms with van der Waals surface area (Å²) in [7, 11) is 1.73. The van der Waals surface area contributed by atoms with Gasteiger partial charge >= 0.3 is 0 Å². The van der Waals surface area contributed by atoms with E-state index in [0.29, 0.717) is 73.7 Å². The molecule has 0 atom stereocenters. The van der Waals surface area contributed by atoms with Gasteiger partial charge in [-0.3, -0.25) is 9.59 Å². The van der Waals surface area contributed by atoms with E-state index >= 15 is 0 Å². The first-order chi connectivity index (χ1) is 21.5. The number of benzene rings is 2. The van der Waals surface area contributed by atoms with Gasteiger partial charge in [0.25, 0.3) is 11.8 Å². The smallest absolute Gasteiger partial charge is 0.278 e. The minimum Gasteiger partial charge on any atom is -0.489 e. The van der Waals surface area contributed by atoms with E-state index in [-0.39, 0.29) is 24.0 Å². The van der Waals surface area contributed by atoms with Gasteiger partial charge in [-0.05, 0) is 43.5 Å². The Balaban J connectivity index is 1.39. The highest BCUT2D eigenvalue weighted by atomic mass is 16.5. The molecule has 3 aliphatic heterocycles. The zero-order valence-electron chi connectivity index (χ0n) is 25.0. The summed E-state index contributed by atoms with van der Waals surface area (Å²) in [6, 6.07) is 12.6. The number of carbonyl (C=O) groups is 2. The number of para-hydroxylation sites is 1. The van der Waals surface area contributed by atoms with E-state index in [4.69, 9.17) is 24.7 Å². The van der Waals surface area contributed by atoms with Gasteiger partial charge in [-0.2, -0.15) is 0 Å². The largest absolute Gasteiger partial charge is 0.489 e. The molecular formula is C32H40N6O6. The number of likely N-dealkylation sites (N-methyl/N-ethyl adjacent to an activating group) is 1. The van der Waals surface area contributed by atoms with Gasteiger partial charge in [0.05, 0.1) is 44.0 Å². The van der Waals surface area contributed by atoms with Crippen LogP contribution >= 0.6 is 0 Å². The Bertz CT molecular complexity index is 1410. The van der Waals surface area contributed by atoms with Gasteiger partial charge in [-0.15, -0.1) is 0 Å². The number of ether oxygens (including phenoxy) is 4. The highest BCUT2D eigenvalue weighted by Gasteiger charge is 2.20. The molecule has 0 aliphatic carbocycles. The first-order valence-electron chi connectivity index (χ1n) is 15.0. The van der Waals surface area contributed by atoms with E-state index in [2.05, 4.69) is 20.6 Å². The van der Waals surface area contributed by atoms with Gasteiger partial charge in [0.15, 0.2) is 11.5 Å². The zero-order chi connectivity index (χ0) is 30.7. The van der Waals surface area contributed by atoms with Crippen LogP contribution in [-0.4, -0.2) is 93.1 Å². The van der Waals surface area contributed by atoms with Crippen LogP contribution in [-0.2, 0) is 20.8 Å². The molecule has 1 aromatic heterocycles. The molecule has 3 aliphatic rings. The molecular weight excluding hydrogens is 564 g/mol. The van der Waals surface area contributed by atoms with Crippen LogP contribution in [0.5, 0.6) is 5.75 Å². The lowest BCUT2D eigenvalue weighted by Crippen LogP contribution is -2.30. The van der Waals surface area contributed by atoms with Crippen LogP contribution in [0, 0.1) is 5.92 Å². The number of carbonyl (C=O) groups excluding carboxylic acids is 2. The molecule has 4 bridgehead atoms. The van der Waals surface area contributed by atoms with E-state index in [1.807, 2.05) is 12.1 Å². The number of fused-ring (bicyclic) bond motifs is 13. The topological polar surface area (TPSA) is 150 Å². The molecule has 3 aromatic rings. The Morgan fingerprint density at radius 1 is 0.932 bits per heavy atom. The lowest BCUT2D eigenvalue weighted by Gasteiger charge is -2.23. The zero-order valence-corrected chi connectivity index (χ0v) is 25.0. The van der Waals surface area contributed by atoms with Gasteiger partial charge in [0, 0.05) is 50.0 Å². The Morgan fingerprint density at radius 3 is 2.43 bits per heavy atom. The Kier molecular flexibility index (Phi) is 11.1. The van der Waals surface area contributed by atoms with Crippen molar-refractivity contribution in [2.75, 3.05) is 77.4 Å². The molecule has 12 nitrogen and oxygen atoms in total. The lowest BCUT2D eigenvalue weighted by atomic mass is 10.0. The summed E-state index contributed by atoms with van der Waals surface area (Å²) in [6.45, 7) is 5.22. The number of rotatable bonds is 4. The molecule has 12 heteroatoms. The number of hydrogen-bond donors (Lipinski definition) is 3. The molecule has 2 aromatic carbocycles. The van der Waals surface area contributed by atoms with Crippen LogP contribution in [0.4, 0.5) is 11.5 Å². The van der Waals surface area contributed by atoms with Gasteiger partial charge in [0.1, 0.15) is 12.4 Å². The van der Waals surface area contributed by atoms with E-state index < -0.39 is 5.91 Å². The molecule has 0 unspecified atom stereocenters. The van der Waals surface area contributed by atoms with Crippen LogP contribution in [0.2, 0.25) is 0 Å². The van der Waals surface area contributed by atoms with Gasteiger partial charge in [0.2, 0.25) is 0 Å². The van der Waals surface area contributed by atoms with Crippen molar-refractivity contribution < 1.29 is 28.5 Å². The minimum absolute atomic E-state index is 0.00139. The van der Waals surface area contributed by atoms with Crippen LogP contribution in [0.1, 0.15) is 39.3 Å². The fourth-order valence-electron chi connectivity index (χ4n) is 5.07. The predicted octanol–water partition coefficient (Wildman–Crippen LogP) is 2.99. The lowest BCUT2D eigenvalue weighted by molar-refractivity contribution is 0.0300. The predicted molar refractivity (Wildman–Crippen MR) is 166 cm³/mol. The van der Waals surface area contributed by atoms with Crippen LogP contribution in [0.15, 0.2) is 48.7 Å². The maximum atomic E-state index is 13.5. The van der Waals surface area contributed by atoms with Crippen molar-refractivity contribution in [2.24, 2.45) is 5.92 Å². The first kappa shape index (κ1) is 31.3. The van der Waals surface area contributed by atoms with E-state index in [1.54, 1.807) is 42.3 Å². The van der Waals surface area contributed by atoms with Crippen molar-refractivity contribution in [1.29, 1.82) is 0 Å². The summed E-state index contributed by atoms with van der Waals surface area (Å²) in [5.41, 5.74) is 9.16. The number of nitrogens with zero attached hydrogens (tertiary/aromatic N) is 3. The second-order valence-electron chi connectivity index (χ2n) is 10.8. The summed E-state index contributed by atoms with van der Waals surface area (Å²) >= 11 is 0. The van der Waals surface area contributed by atoms with Crippen LogP contribution < -0.4 is 21.1 Å². The number of amides is 2. The minimum atomic E-state index is -0.516. The Morgan fingerprint density at radius 2 is 1.64 bits per heavy atom. The molecule has 0 saturated carbocycles. The molecule has 1 fully saturated rings. The number of aromatic nitrogens is 2. The maximum Gasteiger partial charge on any atom is 0.278 e. The fraction of sp³-hybridized carbons (Fsp3) is 0.438. The molecule has 44 heavy (non-hydrogen) atoms. The normalized spacial score (nSPS) is 17.6. The molecule has 1 saturated heterocycles. The SMILES string of the molecule is CN1CCOCCOCCOc2c(CNCC3CCOCC3)cccc2NC(=O)c2nc(cnc2N)-c2ccc(cc2)C1=O. The van der Waals surface area contributed by atoms with Crippen LogP contribution in [0.3, 0.4) is 0 Å². The summed E-state index contributed by atoms with van der Waals surface area (Å²) < 4.78 is 23.0. The quantitative estimate of drug-likeness (QED) is 0.379. The molecule has 0 radical (unpaired) electrons. The van der Waals surface area contributed by atoms with Crippen molar-refractivity contribution in [3.63, 3.8) is 0 Å². The number of anilines is 2. The van der Waals surface area contributed by atoms with Gasteiger partial charge in [-0.25, -0.2) is 9.97 Å². The van der Waals surface area contributed by atoms with Crippen molar-refractivity contribution >= 4 is 23.3 Å². The van der Waals surface area contributed by atoms with E-state index in [9.17, 15) is 9.59 Å². The van der Waals surface area contributed by atoms with Gasteiger partial charge < -0.3 is 40.2 Å². The summed E-state index contributed by atoms with van der Waals surface area (Å²) in [5.74, 6) is 0.468. The number of nitrogens with two attached hydrogens (primary N) is 1. The van der Waals surface area contributed by atoms with E-state index in [1.165, 1.54) is 6.20 Å². The van der Waals surface area contributed by atoms with E-state index in [0.717, 1.165) is 38.2 Å². The van der Waals surface area contributed by atoms with Crippen molar-refractivity contribution in [3.8, 4) is 17.0 Å². The fourth-order valence-corrected chi connectivity index (χ4v) is 5.07. The van der Waals surface area contributed by atoms with Crippen LogP contribution in [0.25, 0.3) is 11.3 Å². The summed E-state index contributed by atoms with van der Waals surface area (Å²) in [4.78, 5) is 36.7. The molecule has 6 rings (SSSR count). The average molecular weight is 605 g/mol. The Labute approximate surface area is 257 Å². The molecule has 4 heterocycles. The maximum absolute atomic E-state index is 13.5. The second-order valence-corrected chi connectivity index (χ2v) is 10.8. The third kappa shape index (κ3) is 8.29. The molecule has 4 N–H and O–H groups in total. The molecule has 2 amide bonds. The van der Waals surface area contributed by atoms with Crippen molar-refractivity contribution in [2.45, 2.75) is 19.4 Å². The molecule has 0 spiro atoms. The summed E-state index contributed by atoms with van der Waals surface area (Å²) in [5, 5.41) is 6.47. The van der Waals surface area contributed by atoms with Crippen molar-refractivity contribution in [1.82, 2.24) is 20.2 Å². The standard InChI is InChI=1S/C32H40N6O6/c1-38-11-14-42-15-16-43-17-18-44-29-25(20-34-19-22-9-12-41-13-10-22)3-2-4-26(29)37-31(39)28-30(33)35-21-27(36-28)23-5-7-24(8-6-23)32(38)40/h2-8,21-22,34H,9-20H2,1H3,(H2,33,35)(H,37,39). The highest BCUT2D eigenvalue weighted by molar-refractivity contribution is 6.06. The highest BCUT2D eigenvalue weighted by Crippen LogP contribution is 2.30.